The molecule has 0 aliphatic heterocycles. The zero-order chi connectivity index (χ0) is 27.9. The van der Waals surface area contributed by atoms with Crippen LogP contribution in [0.4, 0.5) is 34.9 Å². The summed E-state index contributed by atoms with van der Waals surface area (Å²) in [7, 11) is 1.59. The zero-order valence-electron chi connectivity index (χ0n) is 20.9. The van der Waals surface area contributed by atoms with Gasteiger partial charge in [-0.25, -0.2) is 5.43 Å². The van der Waals surface area contributed by atoms with Gasteiger partial charge >= 0.3 is 0 Å². The first-order valence-corrected chi connectivity index (χ1v) is 12.2. The first-order chi connectivity index (χ1) is 19.4. The van der Waals surface area contributed by atoms with Crippen molar-refractivity contribution in [1.29, 1.82) is 0 Å². The highest BCUT2D eigenvalue weighted by Crippen LogP contribution is 2.24. The fourth-order valence-corrected chi connectivity index (χ4v) is 3.61. The summed E-state index contributed by atoms with van der Waals surface area (Å²) in [6, 6.07) is 24.0. The molecule has 0 bridgehead atoms. The van der Waals surface area contributed by atoms with Gasteiger partial charge in [0.05, 0.1) is 18.2 Å². The summed E-state index contributed by atoms with van der Waals surface area (Å²) in [6.07, 6.45) is 1.49. The lowest BCUT2D eigenvalue weighted by Gasteiger charge is -2.10. The van der Waals surface area contributed by atoms with Gasteiger partial charge < -0.3 is 19.8 Å². The summed E-state index contributed by atoms with van der Waals surface area (Å²) in [4.78, 5) is 23.6. The molecule has 200 valence electrons. The predicted octanol–water partition coefficient (Wildman–Crippen LogP) is 6.64. The molecular formula is C27H21ClN8O4. The molecule has 0 saturated heterocycles. The predicted molar refractivity (Wildman–Crippen MR) is 153 cm³/mol. The third-order valence-electron chi connectivity index (χ3n) is 5.43. The van der Waals surface area contributed by atoms with Crippen molar-refractivity contribution in [2.45, 2.75) is 0 Å². The largest absolute Gasteiger partial charge is 0.497 e. The molecule has 5 rings (SSSR count). The number of hydrazone groups is 1. The van der Waals surface area contributed by atoms with Crippen LogP contribution in [0.2, 0.25) is 5.02 Å². The van der Waals surface area contributed by atoms with E-state index in [1.807, 2.05) is 30.3 Å². The minimum absolute atomic E-state index is 0.0307. The molecule has 0 aliphatic rings. The average Bonchev–Trinajstić information content (AvgIpc) is 3.43. The molecular weight excluding hydrogens is 536 g/mol. The molecule has 0 unspecified atom stereocenters. The van der Waals surface area contributed by atoms with Gasteiger partial charge in [-0.15, -0.1) is 0 Å². The Morgan fingerprint density at radius 1 is 0.850 bits per heavy atom. The maximum atomic E-state index is 11.0. The van der Waals surface area contributed by atoms with Gasteiger partial charge in [0.2, 0.25) is 17.8 Å². The van der Waals surface area contributed by atoms with E-state index in [0.717, 1.165) is 5.56 Å². The Labute approximate surface area is 232 Å². The molecule has 40 heavy (non-hydrogen) atoms. The van der Waals surface area contributed by atoms with Crippen LogP contribution in [0.5, 0.6) is 5.75 Å². The second-order valence-electron chi connectivity index (χ2n) is 8.17. The molecule has 0 radical (unpaired) electrons. The van der Waals surface area contributed by atoms with Gasteiger partial charge in [-0.1, -0.05) is 11.6 Å². The Bertz CT molecular complexity index is 1640. The Morgan fingerprint density at radius 3 is 2.05 bits per heavy atom. The second-order valence-corrected chi connectivity index (χ2v) is 8.60. The van der Waals surface area contributed by atoms with Crippen LogP contribution in [0.1, 0.15) is 5.76 Å². The summed E-state index contributed by atoms with van der Waals surface area (Å²) in [5.41, 5.74) is 4.90. The average molecular weight is 557 g/mol. The normalized spacial score (nSPS) is 10.8. The van der Waals surface area contributed by atoms with Gasteiger partial charge in [-0.2, -0.15) is 20.1 Å². The summed E-state index contributed by atoms with van der Waals surface area (Å²) >= 11 is 5.96. The molecule has 3 N–H and O–H groups in total. The standard InChI is InChI=1S/C27H21ClN8O4/c1-39-22-12-8-20(9-13-22)31-26-32-25(30-19-6-10-21(11-7-19)36(37)38)33-27(34-26)35-29-16-23-14-15-24(40-23)17-2-4-18(28)5-3-17/h2-16H,1H3,(H3,30,31,32,33,34,35)/b29-16-. The number of furan rings is 1. The Hall–Kier alpha value is -5.49. The Balaban J connectivity index is 1.35. The number of ether oxygens (including phenoxy) is 1. The molecule has 0 spiro atoms. The number of nitrogens with one attached hydrogen (secondary N) is 3. The lowest BCUT2D eigenvalue weighted by atomic mass is 10.2. The monoisotopic (exact) mass is 556 g/mol. The molecule has 0 amide bonds. The maximum absolute atomic E-state index is 11.0. The third-order valence-corrected chi connectivity index (χ3v) is 5.68. The minimum Gasteiger partial charge on any atom is -0.497 e. The number of benzene rings is 3. The van der Waals surface area contributed by atoms with Crippen molar-refractivity contribution in [3.05, 3.63) is 106 Å². The number of nitro benzene ring substituents is 1. The van der Waals surface area contributed by atoms with Crippen LogP contribution in [0, 0.1) is 10.1 Å². The fraction of sp³-hybridized carbons (Fsp3) is 0.0370. The number of halogens is 1. The number of aromatic nitrogens is 3. The molecule has 13 heteroatoms. The number of anilines is 5. The van der Waals surface area contributed by atoms with Gasteiger partial charge in [0, 0.05) is 34.1 Å². The quantitative estimate of drug-likeness (QED) is 0.0969. The summed E-state index contributed by atoms with van der Waals surface area (Å²) < 4.78 is 11.0. The van der Waals surface area contributed by atoms with E-state index in [2.05, 4.69) is 36.1 Å². The van der Waals surface area contributed by atoms with Crippen molar-refractivity contribution in [3.63, 3.8) is 0 Å². The summed E-state index contributed by atoms with van der Waals surface area (Å²) in [5.74, 6) is 2.42. The van der Waals surface area contributed by atoms with Crippen molar-refractivity contribution >= 4 is 52.7 Å². The molecule has 0 saturated carbocycles. The Morgan fingerprint density at radius 2 is 1.45 bits per heavy atom. The van der Waals surface area contributed by atoms with Crippen LogP contribution in [-0.2, 0) is 0 Å². The van der Waals surface area contributed by atoms with E-state index in [-0.39, 0.29) is 23.5 Å². The van der Waals surface area contributed by atoms with Crippen LogP contribution in [0.25, 0.3) is 11.3 Å². The first-order valence-electron chi connectivity index (χ1n) is 11.8. The van der Waals surface area contributed by atoms with Crippen LogP contribution in [0.3, 0.4) is 0 Å². The van der Waals surface area contributed by atoms with E-state index in [0.29, 0.717) is 33.7 Å². The topological polar surface area (TPSA) is 153 Å². The highest BCUT2D eigenvalue weighted by Gasteiger charge is 2.10. The van der Waals surface area contributed by atoms with E-state index >= 15 is 0 Å². The van der Waals surface area contributed by atoms with Crippen LogP contribution < -0.4 is 20.8 Å². The lowest BCUT2D eigenvalue weighted by molar-refractivity contribution is -0.384. The van der Waals surface area contributed by atoms with E-state index in [1.165, 1.54) is 18.3 Å². The molecule has 3 aromatic carbocycles. The minimum atomic E-state index is -0.471. The SMILES string of the molecule is COc1ccc(Nc2nc(N/N=C\c3ccc(-c4ccc(Cl)cc4)o3)nc(Nc3ccc([N+](=O)[O-])cc3)n2)cc1. The van der Waals surface area contributed by atoms with Crippen molar-refractivity contribution in [2.24, 2.45) is 5.10 Å². The summed E-state index contributed by atoms with van der Waals surface area (Å²) in [6.45, 7) is 0. The number of rotatable bonds is 10. The summed E-state index contributed by atoms with van der Waals surface area (Å²) in [5, 5.41) is 21.9. The molecule has 12 nitrogen and oxygen atoms in total. The van der Waals surface area contributed by atoms with E-state index in [1.54, 1.807) is 49.6 Å². The van der Waals surface area contributed by atoms with Crippen molar-refractivity contribution in [1.82, 2.24) is 15.0 Å². The second kappa shape index (κ2) is 11.9. The van der Waals surface area contributed by atoms with E-state index < -0.39 is 4.92 Å². The smallest absolute Gasteiger partial charge is 0.269 e. The van der Waals surface area contributed by atoms with Crippen LogP contribution in [-0.4, -0.2) is 33.2 Å². The lowest BCUT2D eigenvalue weighted by Crippen LogP contribution is -2.07. The van der Waals surface area contributed by atoms with Crippen LogP contribution >= 0.6 is 11.6 Å². The van der Waals surface area contributed by atoms with Crippen molar-refractivity contribution in [3.8, 4) is 17.1 Å². The highest BCUT2D eigenvalue weighted by atomic mass is 35.5. The van der Waals surface area contributed by atoms with E-state index in [4.69, 9.17) is 20.8 Å². The molecule has 0 aliphatic carbocycles. The van der Waals surface area contributed by atoms with Gasteiger partial charge in [0.1, 0.15) is 17.3 Å². The molecule has 2 aromatic heterocycles. The van der Waals surface area contributed by atoms with Gasteiger partial charge in [-0.3, -0.25) is 10.1 Å². The molecule has 5 aromatic rings. The molecule has 2 heterocycles. The number of non-ortho nitro benzene ring substituents is 1. The number of hydrogen-bond donors (Lipinski definition) is 3. The number of nitro groups is 1. The van der Waals surface area contributed by atoms with Gasteiger partial charge in [0.25, 0.3) is 5.69 Å². The third kappa shape index (κ3) is 6.68. The number of methoxy groups -OCH3 is 1. The van der Waals surface area contributed by atoms with Crippen molar-refractivity contribution < 1.29 is 14.1 Å². The van der Waals surface area contributed by atoms with Crippen molar-refractivity contribution in [2.75, 3.05) is 23.2 Å². The Kier molecular flexibility index (Phi) is 7.79. The highest BCUT2D eigenvalue weighted by molar-refractivity contribution is 6.30. The fourth-order valence-electron chi connectivity index (χ4n) is 3.48. The van der Waals surface area contributed by atoms with Gasteiger partial charge in [0.15, 0.2) is 0 Å². The number of hydrogen-bond acceptors (Lipinski definition) is 11. The van der Waals surface area contributed by atoms with Gasteiger partial charge in [-0.05, 0) is 72.8 Å². The molecule has 0 fully saturated rings. The zero-order valence-corrected chi connectivity index (χ0v) is 21.7. The van der Waals surface area contributed by atoms with Crippen LogP contribution in [0.15, 0.2) is 94.4 Å². The number of nitrogens with zero attached hydrogens (tertiary/aromatic N) is 5. The first kappa shape index (κ1) is 26.1. The molecule has 0 atom stereocenters. The maximum Gasteiger partial charge on any atom is 0.269 e. The van der Waals surface area contributed by atoms with E-state index in [9.17, 15) is 10.1 Å².